The van der Waals surface area contributed by atoms with E-state index >= 15 is 0 Å². The Hall–Kier alpha value is -6.36. The molecule has 0 heterocycles. The summed E-state index contributed by atoms with van der Waals surface area (Å²) in [6, 6.07) is 3.39. The standard InChI is InChI=1S/C56H72O17/c1-9-47(57)66-25-11-12-26-68-51(59)39-13-17-43(18-14-39)55(63)72-49-33(3)31-45(35(5)37(49)7)70-53(61)41-21-23-42(24-22-41)54(62)71-46-32-34(4)50(38(8)36(46)6)73-56(64)44-19-15-40(16-20-44)52(60)69-30-28-65-27-29-67-48(58)10-2/h9-10,31-32,39-44H,1-2,11-30H2,3-8H3. The summed E-state index contributed by atoms with van der Waals surface area (Å²) in [5.74, 6) is -3.87. The smallest absolute Gasteiger partial charge is 0.330 e. The van der Waals surface area contributed by atoms with Crippen molar-refractivity contribution in [1.82, 2.24) is 0 Å². The molecule has 0 radical (unpaired) electrons. The highest BCUT2D eigenvalue weighted by atomic mass is 16.6. The van der Waals surface area contributed by atoms with E-state index in [2.05, 4.69) is 13.2 Å². The van der Waals surface area contributed by atoms with Gasteiger partial charge in [0.15, 0.2) is 0 Å². The Balaban J connectivity index is 1.02. The van der Waals surface area contributed by atoms with Gasteiger partial charge in [-0.1, -0.05) is 13.2 Å². The van der Waals surface area contributed by atoms with E-state index in [1.165, 1.54) is 0 Å². The van der Waals surface area contributed by atoms with Gasteiger partial charge in [0.1, 0.15) is 36.2 Å². The van der Waals surface area contributed by atoms with E-state index in [9.17, 15) is 38.4 Å². The third-order valence-electron chi connectivity index (χ3n) is 14.3. The zero-order valence-electron chi connectivity index (χ0n) is 43.3. The molecule has 3 aliphatic carbocycles. The van der Waals surface area contributed by atoms with Crippen LogP contribution in [-0.4, -0.2) is 87.4 Å². The second-order valence-electron chi connectivity index (χ2n) is 19.3. The van der Waals surface area contributed by atoms with E-state index < -0.39 is 35.7 Å². The van der Waals surface area contributed by atoms with Crippen molar-refractivity contribution in [1.29, 1.82) is 0 Å². The first-order valence-corrected chi connectivity index (χ1v) is 25.5. The summed E-state index contributed by atoms with van der Waals surface area (Å²) < 4.78 is 49.6. The molecule has 0 aliphatic heterocycles. The summed E-state index contributed by atoms with van der Waals surface area (Å²) in [7, 11) is 0. The Kier molecular flexibility index (Phi) is 22.2. The molecule has 17 nitrogen and oxygen atoms in total. The normalized spacial score (nSPS) is 20.6. The predicted molar refractivity (Wildman–Crippen MR) is 264 cm³/mol. The minimum Gasteiger partial charge on any atom is -0.465 e. The van der Waals surface area contributed by atoms with E-state index in [-0.39, 0.29) is 87.2 Å². The molecule has 0 saturated heterocycles. The molecule has 0 spiro atoms. The zero-order valence-corrected chi connectivity index (χ0v) is 43.3. The Morgan fingerprint density at radius 2 is 0.685 bits per heavy atom. The summed E-state index contributed by atoms with van der Waals surface area (Å²) in [6.45, 7) is 18.4. The largest absolute Gasteiger partial charge is 0.465 e. The number of hydrogen-bond acceptors (Lipinski definition) is 17. The number of carbonyl (C=O) groups excluding carboxylic acids is 8. The highest BCUT2D eigenvalue weighted by Gasteiger charge is 2.36. The number of esters is 8. The second-order valence-corrected chi connectivity index (χ2v) is 19.3. The lowest BCUT2D eigenvalue weighted by atomic mass is 9.82. The molecule has 3 saturated carbocycles. The fourth-order valence-corrected chi connectivity index (χ4v) is 9.42. The third-order valence-corrected chi connectivity index (χ3v) is 14.3. The van der Waals surface area contributed by atoms with Crippen LogP contribution in [0.5, 0.6) is 23.0 Å². The van der Waals surface area contributed by atoms with Gasteiger partial charge >= 0.3 is 47.8 Å². The van der Waals surface area contributed by atoms with Crippen molar-refractivity contribution in [2.24, 2.45) is 35.5 Å². The second kappa shape index (κ2) is 28.2. The topological polar surface area (TPSA) is 220 Å². The van der Waals surface area contributed by atoms with Gasteiger partial charge in [-0.05, 0) is 177 Å². The van der Waals surface area contributed by atoms with E-state index in [0.29, 0.717) is 146 Å². The summed E-state index contributed by atoms with van der Waals surface area (Å²) in [4.78, 5) is 101. The van der Waals surface area contributed by atoms with Gasteiger partial charge in [-0.2, -0.15) is 0 Å². The third kappa shape index (κ3) is 16.6. The van der Waals surface area contributed by atoms with Gasteiger partial charge in [0.2, 0.25) is 0 Å². The highest BCUT2D eigenvalue weighted by Crippen LogP contribution is 2.40. The molecule has 3 aliphatic rings. The number of carbonyl (C=O) groups is 8. The molecule has 0 unspecified atom stereocenters. The summed E-state index contributed by atoms with van der Waals surface area (Å²) in [5.41, 5.74) is 3.93. The lowest BCUT2D eigenvalue weighted by Crippen LogP contribution is -2.31. The van der Waals surface area contributed by atoms with Gasteiger partial charge in [-0.15, -0.1) is 0 Å². The first-order chi connectivity index (χ1) is 34.9. The van der Waals surface area contributed by atoms with Crippen LogP contribution in [-0.2, 0) is 62.0 Å². The first kappa shape index (κ1) is 57.5. The van der Waals surface area contributed by atoms with Crippen molar-refractivity contribution < 1.29 is 81.0 Å². The molecule has 2 aromatic rings. The van der Waals surface area contributed by atoms with Crippen molar-refractivity contribution >= 4 is 47.8 Å². The summed E-state index contributed by atoms with van der Waals surface area (Å²) in [5, 5.41) is 0. The highest BCUT2D eigenvalue weighted by molar-refractivity contribution is 5.82. The number of hydrogen-bond donors (Lipinski definition) is 0. The quantitative estimate of drug-likeness (QED) is 0.0334. The van der Waals surface area contributed by atoms with Gasteiger partial charge in [0, 0.05) is 12.2 Å². The van der Waals surface area contributed by atoms with E-state index in [4.69, 9.17) is 42.6 Å². The fraction of sp³-hybridized carbons (Fsp3) is 0.571. The minimum absolute atomic E-state index is 0.0663. The Labute approximate surface area is 427 Å². The maximum absolute atomic E-state index is 13.5. The van der Waals surface area contributed by atoms with Gasteiger partial charge in [-0.25, -0.2) is 9.59 Å². The van der Waals surface area contributed by atoms with Crippen LogP contribution in [0.25, 0.3) is 0 Å². The fourth-order valence-electron chi connectivity index (χ4n) is 9.42. The van der Waals surface area contributed by atoms with Gasteiger partial charge in [-0.3, -0.25) is 28.8 Å². The van der Waals surface area contributed by atoms with Crippen LogP contribution in [0.2, 0.25) is 0 Å². The summed E-state index contributed by atoms with van der Waals surface area (Å²) in [6.07, 6.45) is 8.92. The van der Waals surface area contributed by atoms with Crippen molar-refractivity contribution in [2.75, 3.05) is 39.6 Å². The predicted octanol–water partition coefficient (Wildman–Crippen LogP) is 8.62. The minimum atomic E-state index is -0.539. The molecular formula is C56H72O17. The molecule has 3 fully saturated rings. The average Bonchev–Trinajstić information content (AvgIpc) is 3.39. The van der Waals surface area contributed by atoms with Crippen LogP contribution in [0.1, 0.15) is 123 Å². The zero-order chi connectivity index (χ0) is 53.2. The van der Waals surface area contributed by atoms with Gasteiger partial charge < -0.3 is 42.6 Å². The molecule has 0 amide bonds. The van der Waals surface area contributed by atoms with Crippen LogP contribution in [0, 0.1) is 77.0 Å². The van der Waals surface area contributed by atoms with E-state index in [1.807, 2.05) is 13.8 Å². The molecular weight excluding hydrogens is 945 g/mol. The van der Waals surface area contributed by atoms with Crippen molar-refractivity contribution in [3.63, 3.8) is 0 Å². The molecule has 0 atom stereocenters. The maximum atomic E-state index is 13.5. The molecule has 5 rings (SSSR count). The number of aryl methyl sites for hydroxylation is 2. The Morgan fingerprint density at radius 3 is 1.04 bits per heavy atom. The number of benzene rings is 2. The van der Waals surface area contributed by atoms with Crippen LogP contribution in [0.3, 0.4) is 0 Å². The van der Waals surface area contributed by atoms with Gasteiger partial charge in [0.05, 0.1) is 61.9 Å². The van der Waals surface area contributed by atoms with Crippen LogP contribution < -0.4 is 18.9 Å². The molecule has 398 valence electrons. The lowest BCUT2D eigenvalue weighted by Gasteiger charge is -2.27. The lowest BCUT2D eigenvalue weighted by molar-refractivity contribution is -0.153. The summed E-state index contributed by atoms with van der Waals surface area (Å²) >= 11 is 0. The van der Waals surface area contributed by atoms with E-state index in [1.54, 1.807) is 39.8 Å². The van der Waals surface area contributed by atoms with Crippen molar-refractivity contribution in [3.05, 3.63) is 70.8 Å². The van der Waals surface area contributed by atoms with E-state index in [0.717, 1.165) is 12.2 Å². The molecule has 0 N–H and O–H groups in total. The van der Waals surface area contributed by atoms with Crippen molar-refractivity contribution in [2.45, 2.75) is 131 Å². The first-order valence-electron chi connectivity index (χ1n) is 25.5. The SMILES string of the molecule is C=CC(=O)OCCCCOC(=O)C1CCC(C(=O)Oc2c(C)cc(OC(=O)C3CCC(C(=O)Oc4cc(C)c(OC(=O)C5CCC(C(=O)OCCOCCOC(=O)C=C)CC5)c(C)c4C)CC3)c(C)c2C)CC1. The molecule has 2 aromatic carbocycles. The molecule has 17 heteroatoms. The monoisotopic (exact) mass is 1020 g/mol. The van der Waals surface area contributed by atoms with Crippen LogP contribution >= 0.6 is 0 Å². The average molecular weight is 1020 g/mol. The molecule has 0 aromatic heterocycles. The van der Waals surface area contributed by atoms with Crippen LogP contribution in [0.4, 0.5) is 0 Å². The molecule has 0 bridgehead atoms. The molecule has 73 heavy (non-hydrogen) atoms. The van der Waals surface area contributed by atoms with Gasteiger partial charge in [0.25, 0.3) is 0 Å². The Bertz CT molecular complexity index is 2340. The number of rotatable bonds is 23. The van der Waals surface area contributed by atoms with Crippen LogP contribution in [0.15, 0.2) is 37.4 Å². The number of unbranched alkanes of at least 4 members (excludes halogenated alkanes) is 1. The maximum Gasteiger partial charge on any atom is 0.330 e. The Morgan fingerprint density at radius 1 is 0.397 bits per heavy atom. The number of ether oxygens (including phenoxy) is 9. The van der Waals surface area contributed by atoms with Crippen molar-refractivity contribution in [3.8, 4) is 23.0 Å².